The predicted molar refractivity (Wildman–Crippen MR) is 84.2 cm³/mol. The molecule has 1 unspecified atom stereocenters. The Morgan fingerprint density at radius 1 is 1.10 bits per heavy atom. The van der Waals surface area contributed by atoms with Crippen LogP contribution in [0, 0.1) is 5.82 Å². The molecule has 0 spiro atoms. The van der Waals surface area contributed by atoms with E-state index >= 15 is 0 Å². The molecule has 20 heavy (non-hydrogen) atoms. The monoisotopic (exact) mass is 310 g/mol. The zero-order valence-corrected chi connectivity index (χ0v) is 12.9. The molecule has 2 aromatic rings. The molecule has 2 rings (SSSR count). The van der Waals surface area contributed by atoms with E-state index in [4.69, 9.17) is 23.2 Å². The van der Waals surface area contributed by atoms with Crippen LogP contribution in [0.25, 0.3) is 0 Å². The van der Waals surface area contributed by atoms with Gasteiger partial charge in [0, 0.05) is 11.3 Å². The first-order valence-corrected chi connectivity index (χ1v) is 7.58. The summed E-state index contributed by atoms with van der Waals surface area (Å²) in [6, 6.07) is 15.1. The lowest BCUT2D eigenvalue weighted by Gasteiger charge is -2.31. The summed E-state index contributed by atoms with van der Waals surface area (Å²) in [6.07, 6.45) is 1.59. The van der Waals surface area contributed by atoms with E-state index in [1.165, 1.54) is 11.6 Å². The molecule has 0 heterocycles. The van der Waals surface area contributed by atoms with Gasteiger partial charge in [0.25, 0.3) is 0 Å². The molecule has 0 nitrogen and oxygen atoms in total. The SMILES string of the molecule is CCC(CCl)(Cc1ccc(Cl)c(F)c1)c1ccccc1. The van der Waals surface area contributed by atoms with Crippen molar-refractivity contribution < 1.29 is 4.39 Å². The van der Waals surface area contributed by atoms with Gasteiger partial charge in [-0.2, -0.15) is 0 Å². The first-order chi connectivity index (χ1) is 9.61. The third-order valence-electron chi connectivity index (χ3n) is 3.85. The van der Waals surface area contributed by atoms with Gasteiger partial charge in [-0.05, 0) is 36.1 Å². The second kappa shape index (κ2) is 6.60. The van der Waals surface area contributed by atoms with Crippen LogP contribution in [0.4, 0.5) is 4.39 Å². The molecular weight excluding hydrogens is 294 g/mol. The van der Waals surface area contributed by atoms with E-state index < -0.39 is 0 Å². The first-order valence-electron chi connectivity index (χ1n) is 6.67. The maximum absolute atomic E-state index is 13.6. The normalized spacial score (nSPS) is 14.0. The van der Waals surface area contributed by atoms with Crippen molar-refractivity contribution in [1.82, 2.24) is 0 Å². The Morgan fingerprint density at radius 2 is 1.80 bits per heavy atom. The van der Waals surface area contributed by atoms with Gasteiger partial charge in [0.15, 0.2) is 0 Å². The Balaban J connectivity index is 2.36. The average Bonchev–Trinajstić information content (AvgIpc) is 2.49. The highest BCUT2D eigenvalue weighted by atomic mass is 35.5. The van der Waals surface area contributed by atoms with Crippen molar-refractivity contribution >= 4 is 23.2 Å². The van der Waals surface area contributed by atoms with Gasteiger partial charge in [0.2, 0.25) is 0 Å². The molecule has 0 saturated carbocycles. The summed E-state index contributed by atoms with van der Waals surface area (Å²) in [5, 5.41) is 0.154. The lowest BCUT2D eigenvalue weighted by molar-refractivity contribution is 0.457. The molecule has 3 heteroatoms. The number of hydrogen-bond acceptors (Lipinski definition) is 0. The lowest BCUT2D eigenvalue weighted by Crippen LogP contribution is -2.30. The Labute approximate surface area is 129 Å². The Bertz CT molecular complexity index is 562. The van der Waals surface area contributed by atoms with E-state index in [1.54, 1.807) is 6.07 Å². The molecule has 2 aromatic carbocycles. The van der Waals surface area contributed by atoms with Crippen molar-refractivity contribution in [2.24, 2.45) is 0 Å². The van der Waals surface area contributed by atoms with Gasteiger partial charge >= 0.3 is 0 Å². The van der Waals surface area contributed by atoms with Crippen molar-refractivity contribution in [3.8, 4) is 0 Å². The second-order valence-electron chi connectivity index (χ2n) is 5.06. The molecular formula is C17H17Cl2F. The summed E-state index contributed by atoms with van der Waals surface area (Å²) >= 11 is 12.0. The first kappa shape index (κ1) is 15.3. The van der Waals surface area contributed by atoms with Crippen LogP contribution in [0.2, 0.25) is 5.02 Å². The van der Waals surface area contributed by atoms with E-state index in [-0.39, 0.29) is 16.3 Å². The maximum atomic E-state index is 13.6. The summed E-state index contributed by atoms with van der Waals surface area (Å²) in [6.45, 7) is 2.11. The number of hydrogen-bond donors (Lipinski definition) is 0. The van der Waals surface area contributed by atoms with Crippen molar-refractivity contribution in [2.75, 3.05) is 5.88 Å². The largest absolute Gasteiger partial charge is 0.205 e. The smallest absolute Gasteiger partial charge is 0.142 e. The van der Waals surface area contributed by atoms with E-state index in [0.29, 0.717) is 12.3 Å². The van der Waals surface area contributed by atoms with Gasteiger partial charge in [0.05, 0.1) is 5.02 Å². The molecule has 0 aliphatic heterocycles. The maximum Gasteiger partial charge on any atom is 0.142 e. The number of rotatable bonds is 5. The van der Waals surface area contributed by atoms with Gasteiger partial charge < -0.3 is 0 Å². The molecule has 0 aromatic heterocycles. The molecule has 1 atom stereocenters. The molecule has 0 radical (unpaired) electrons. The van der Waals surface area contributed by atoms with Crippen LogP contribution in [0.1, 0.15) is 24.5 Å². The molecule has 0 bridgehead atoms. The highest BCUT2D eigenvalue weighted by molar-refractivity contribution is 6.30. The van der Waals surface area contributed by atoms with Crippen molar-refractivity contribution in [1.29, 1.82) is 0 Å². The van der Waals surface area contributed by atoms with E-state index in [1.807, 2.05) is 24.3 Å². The van der Waals surface area contributed by atoms with E-state index in [9.17, 15) is 4.39 Å². The summed E-state index contributed by atoms with van der Waals surface area (Å²) < 4.78 is 13.6. The molecule has 0 amide bonds. The van der Waals surface area contributed by atoms with Gasteiger partial charge in [-0.1, -0.05) is 54.9 Å². The topological polar surface area (TPSA) is 0 Å². The Kier molecular flexibility index (Phi) is 5.06. The number of benzene rings is 2. The molecule has 0 aliphatic carbocycles. The second-order valence-corrected chi connectivity index (χ2v) is 5.73. The Morgan fingerprint density at radius 3 is 2.35 bits per heavy atom. The van der Waals surface area contributed by atoms with Crippen LogP contribution in [-0.2, 0) is 11.8 Å². The lowest BCUT2D eigenvalue weighted by atomic mass is 9.75. The standard InChI is InChI=1S/C17H17Cl2F/c1-2-17(12-18,14-6-4-3-5-7-14)11-13-8-9-15(19)16(20)10-13/h3-10H,2,11-12H2,1H3. The molecule has 0 saturated heterocycles. The minimum atomic E-state index is -0.378. The van der Waals surface area contributed by atoms with E-state index in [2.05, 4.69) is 19.1 Å². The van der Waals surface area contributed by atoms with Gasteiger partial charge in [0.1, 0.15) is 5.82 Å². The minimum Gasteiger partial charge on any atom is -0.205 e. The zero-order valence-electron chi connectivity index (χ0n) is 11.4. The average molecular weight is 311 g/mol. The van der Waals surface area contributed by atoms with Crippen LogP contribution in [0.5, 0.6) is 0 Å². The molecule has 106 valence electrons. The minimum absolute atomic E-state index is 0.154. The molecule has 0 N–H and O–H groups in total. The third-order valence-corrected chi connectivity index (χ3v) is 4.66. The summed E-state index contributed by atoms with van der Waals surface area (Å²) in [4.78, 5) is 0. The predicted octanol–water partition coefficient (Wildman–Crippen LogP) is 5.61. The van der Waals surface area contributed by atoms with Crippen LogP contribution in [-0.4, -0.2) is 5.88 Å². The highest BCUT2D eigenvalue weighted by Crippen LogP contribution is 2.34. The van der Waals surface area contributed by atoms with Gasteiger partial charge in [-0.3, -0.25) is 0 Å². The van der Waals surface area contributed by atoms with Crippen molar-refractivity contribution in [3.05, 3.63) is 70.5 Å². The fraction of sp³-hybridized carbons (Fsp3) is 0.294. The summed E-state index contributed by atoms with van der Waals surface area (Å²) in [5.41, 5.74) is 1.93. The van der Waals surface area contributed by atoms with Crippen LogP contribution in [0.15, 0.2) is 48.5 Å². The zero-order chi connectivity index (χ0) is 14.6. The Hall–Kier alpha value is -1.05. The van der Waals surface area contributed by atoms with Gasteiger partial charge in [-0.25, -0.2) is 4.39 Å². The highest BCUT2D eigenvalue weighted by Gasteiger charge is 2.29. The van der Waals surface area contributed by atoms with E-state index in [0.717, 1.165) is 12.0 Å². The van der Waals surface area contributed by atoms with Crippen LogP contribution >= 0.6 is 23.2 Å². The van der Waals surface area contributed by atoms with Gasteiger partial charge in [-0.15, -0.1) is 11.6 Å². The summed E-state index contributed by atoms with van der Waals surface area (Å²) in [5.74, 6) is 0.120. The quantitative estimate of drug-likeness (QED) is 0.630. The van der Waals surface area contributed by atoms with Crippen molar-refractivity contribution in [2.45, 2.75) is 25.2 Å². The fourth-order valence-electron chi connectivity index (χ4n) is 2.48. The molecule has 0 fully saturated rings. The summed E-state index contributed by atoms with van der Waals surface area (Å²) in [7, 11) is 0. The van der Waals surface area contributed by atoms with Crippen molar-refractivity contribution in [3.63, 3.8) is 0 Å². The van der Waals surface area contributed by atoms with Crippen LogP contribution in [0.3, 0.4) is 0 Å². The third kappa shape index (κ3) is 3.16. The number of alkyl halides is 1. The number of halogens is 3. The molecule has 0 aliphatic rings. The van der Waals surface area contributed by atoms with Crippen LogP contribution < -0.4 is 0 Å². The fourth-order valence-corrected chi connectivity index (χ4v) is 3.04.